The molecule has 1 saturated carbocycles. The first-order chi connectivity index (χ1) is 9.17. The Kier molecular flexibility index (Phi) is 10.2. The highest BCUT2D eigenvalue weighted by molar-refractivity contribution is 5.29. The number of ether oxygens (including phenoxy) is 1. The second-order valence-corrected chi connectivity index (χ2v) is 4.75. The first kappa shape index (κ1) is 17.9. The predicted octanol–water partition coefficient (Wildman–Crippen LogP) is 5.76. The van der Waals surface area contributed by atoms with Crippen LogP contribution in [0.4, 0.5) is 4.39 Å². The summed E-state index contributed by atoms with van der Waals surface area (Å²) in [6.45, 7) is 10.9. The molecule has 0 amide bonds. The van der Waals surface area contributed by atoms with E-state index in [1.165, 1.54) is 31.7 Å². The minimum atomic E-state index is -0.255. The number of rotatable bonds is 3. The molecule has 1 aromatic rings. The highest BCUT2D eigenvalue weighted by Crippen LogP contribution is 2.28. The minimum Gasteiger partial charge on any atom is -0.490 e. The fourth-order valence-corrected chi connectivity index (χ4v) is 1.59. The third-order valence-electron chi connectivity index (χ3n) is 2.79. The Labute approximate surface area is 118 Å². The van der Waals surface area contributed by atoms with Crippen molar-refractivity contribution in [1.29, 1.82) is 0 Å². The SMILES string of the molecule is CC.CCC.Cc1ccc(F)c(OCC2CCC2)c1. The lowest BCUT2D eigenvalue weighted by Crippen LogP contribution is -2.19. The molecule has 0 N–H and O–H groups in total. The Bertz CT molecular complexity index is 332. The fourth-order valence-electron chi connectivity index (χ4n) is 1.59. The van der Waals surface area contributed by atoms with Gasteiger partial charge in [0.2, 0.25) is 0 Å². The average Bonchev–Trinajstić information content (AvgIpc) is 2.35. The van der Waals surface area contributed by atoms with E-state index < -0.39 is 0 Å². The summed E-state index contributed by atoms with van der Waals surface area (Å²) in [4.78, 5) is 0. The molecule has 0 atom stereocenters. The van der Waals surface area contributed by atoms with Crippen LogP contribution in [0.2, 0.25) is 0 Å². The van der Waals surface area contributed by atoms with Gasteiger partial charge in [0, 0.05) is 0 Å². The zero-order valence-corrected chi connectivity index (χ0v) is 13.1. The van der Waals surface area contributed by atoms with Gasteiger partial charge in [-0.2, -0.15) is 0 Å². The molecule has 2 rings (SSSR count). The molecule has 0 heterocycles. The van der Waals surface area contributed by atoms with Gasteiger partial charge >= 0.3 is 0 Å². The Morgan fingerprint density at radius 2 is 1.79 bits per heavy atom. The number of benzene rings is 1. The normalized spacial score (nSPS) is 13.4. The molecular formula is C17H29FO. The highest BCUT2D eigenvalue weighted by Gasteiger charge is 2.18. The Hall–Kier alpha value is -1.05. The van der Waals surface area contributed by atoms with Gasteiger partial charge in [0.1, 0.15) is 0 Å². The van der Waals surface area contributed by atoms with E-state index in [9.17, 15) is 4.39 Å². The van der Waals surface area contributed by atoms with Crippen molar-refractivity contribution in [3.63, 3.8) is 0 Å². The summed E-state index contributed by atoms with van der Waals surface area (Å²) in [5.41, 5.74) is 1.04. The first-order valence-electron chi connectivity index (χ1n) is 7.56. The molecule has 1 aliphatic carbocycles. The van der Waals surface area contributed by atoms with Crippen LogP contribution < -0.4 is 4.74 Å². The van der Waals surface area contributed by atoms with Crippen LogP contribution in [-0.4, -0.2) is 6.61 Å². The van der Waals surface area contributed by atoms with Crippen molar-refractivity contribution in [2.45, 2.75) is 60.3 Å². The van der Waals surface area contributed by atoms with Gasteiger partial charge in [-0.3, -0.25) is 0 Å². The van der Waals surface area contributed by atoms with Crippen molar-refractivity contribution in [3.8, 4) is 5.75 Å². The van der Waals surface area contributed by atoms with Crippen molar-refractivity contribution in [3.05, 3.63) is 29.6 Å². The van der Waals surface area contributed by atoms with Gasteiger partial charge in [0.05, 0.1) is 6.61 Å². The van der Waals surface area contributed by atoms with Crippen LogP contribution in [0.15, 0.2) is 18.2 Å². The predicted molar refractivity (Wildman–Crippen MR) is 81.3 cm³/mol. The summed E-state index contributed by atoms with van der Waals surface area (Å²) in [6.07, 6.45) is 5.01. The molecule has 1 aromatic carbocycles. The maximum atomic E-state index is 13.2. The Morgan fingerprint density at radius 1 is 1.21 bits per heavy atom. The zero-order valence-electron chi connectivity index (χ0n) is 13.1. The summed E-state index contributed by atoms with van der Waals surface area (Å²) in [5.74, 6) is 0.793. The molecule has 1 aliphatic rings. The standard InChI is InChI=1S/C12H15FO.C3H8.C2H6/c1-9-5-6-11(13)12(7-9)14-8-10-3-2-4-10;1-3-2;1-2/h5-7,10H,2-4,8H2,1H3;3H2,1-2H3;1-2H3. The van der Waals surface area contributed by atoms with Crippen molar-refractivity contribution >= 4 is 0 Å². The average molecular weight is 268 g/mol. The summed E-state index contributed by atoms with van der Waals surface area (Å²) in [6, 6.07) is 4.98. The third kappa shape index (κ3) is 7.19. The number of aryl methyl sites for hydroxylation is 1. The topological polar surface area (TPSA) is 9.23 Å². The lowest BCUT2D eigenvalue weighted by molar-refractivity contribution is 0.175. The van der Waals surface area contributed by atoms with Crippen molar-refractivity contribution in [1.82, 2.24) is 0 Å². The molecule has 0 aliphatic heterocycles. The molecule has 1 fully saturated rings. The van der Waals surface area contributed by atoms with Crippen LogP contribution in [0.25, 0.3) is 0 Å². The van der Waals surface area contributed by atoms with Crippen LogP contribution >= 0.6 is 0 Å². The van der Waals surface area contributed by atoms with E-state index in [4.69, 9.17) is 4.74 Å². The van der Waals surface area contributed by atoms with Gasteiger partial charge in [-0.1, -0.05) is 46.6 Å². The smallest absolute Gasteiger partial charge is 0.165 e. The summed E-state index contributed by atoms with van der Waals surface area (Å²) < 4.78 is 18.7. The van der Waals surface area contributed by atoms with Gasteiger partial charge in [-0.05, 0) is 43.4 Å². The van der Waals surface area contributed by atoms with Crippen LogP contribution in [0.3, 0.4) is 0 Å². The molecule has 0 spiro atoms. The van der Waals surface area contributed by atoms with E-state index in [2.05, 4.69) is 13.8 Å². The van der Waals surface area contributed by atoms with E-state index in [0.29, 0.717) is 18.3 Å². The van der Waals surface area contributed by atoms with Crippen LogP contribution in [-0.2, 0) is 0 Å². The molecule has 1 nitrogen and oxygen atoms in total. The molecule has 0 aromatic heterocycles. The highest BCUT2D eigenvalue weighted by atomic mass is 19.1. The Morgan fingerprint density at radius 3 is 2.26 bits per heavy atom. The molecule has 0 bridgehead atoms. The lowest BCUT2D eigenvalue weighted by atomic mass is 9.86. The molecule has 19 heavy (non-hydrogen) atoms. The second kappa shape index (κ2) is 10.8. The molecule has 2 heteroatoms. The molecule has 110 valence electrons. The van der Waals surface area contributed by atoms with Crippen molar-refractivity contribution in [2.24, 2.45) is 5.92 Å². The summed E-state index contributed by atoms with van der Waals surface area (Å²) >= 11 is 0. The van der Waals surface area contributed by atoms with Crippen molar-refractivity contribution in [2.75, 3.05) is 6.61 Å². The zero-order chi connectivity index (χ0) is 14.7. The minimum absolute atomic E-state index is 0.255. The van der Waals surface area contributed by atoms with E-state index in [0.717, 1.165) is 5.56 Å². The number of hydrogen-bond acceptors (Lipinski definition) is 1. The van der Waals surface area contributed by atoms with E-state index in [1.54, 1.807) is 12.1 Å². The lowest BCUT2D eigenvalue weighted by Gasteiger charge is -2.25. The van der Waals surface area contributed by atoms with Crippen LogP contribution in [0.5, 0.6) is 5.75 Å². The summed E-state index contributed by atoms with van der Waals surface area (Å²) in [5, 5.41) is 0. The van der Waals surface area contributed by atoms with Gasteiger partial charge < -0.3 is 4.74 Å². The van der Waals surface area contributed by atoms with Crippen LogP contribution in [0.1, 0.15) is 58.9 Å². The number of halogens is 1. The fraction of sp³-hybridized carbons (Fsp3) is 0.647. The first-order valence-corrected chi connectivity index (χ1v) is 7.56. The van der Waals surface area contributed by atoms with E-state index >= 15 is 0 Å². The van der Waals surface area contributed by atoms with Gasteiger partial charge in [0.15, 0.2) is 11.6 Å². The van der Waals surface area contributed by atoms with Gasteiger partial charge in [0.25, 0.3) is 0 Å². The molecular weight excluding hydrogens is 239 g/mol. The molecule has 0 unspecified atom stereocenters. The quantitative estimate of drug-likeness (QED) is 0.677. The van der Waals surface area contributed by atoms with Gasteiger partial charge in [-0.25, -0.2) is 4.39 Å². The number of hydrogen-bond donors (Lipinski definition) is 0. The van der Waals surface area contributed by atoms with E-state index in [-0.39, 0.29) is 5.82 Å². The maximum absolute atomic E-state index is 13.2. The summed E-state index contributed by atoms with van der Waals surface area (Å²) in [7, 11) is 0. The van der Waals surface area contributed by atoms with Gasteiger partial charge in [-0.15, -0.1) is 0 Å². The van der Waals surface area contributed by atoms with E-state index in [1.807, 2.05) is 20.8 Å². The Balaban J connectivity index is 0.000000573. The monoisotopic (exact) mass is 268 g/mol. The van der Waals surface area contributed by atoms with Crippen molar-refractivity contribution < 1.29 is 9.13 Å². The largest absolute Gasteiger partial charge is 0.490 e. The third-order valence-corrected chi connectivity index (χ3v) is 2.79. The molecule has 0 saturated heterocycles. The van der Waals surface area contributed by atoms with Crippen LogP contribution in [0, 0.1) is 18.7 Å². The maximum Gasteiger partial charge on any atom is 0.165 e. The molecule has 0 radical (unpaired) electrons. The second-order valence-electron chi connectivity index (χ2n) is 4.75.